The Morgan fingerprint density at radius 3 is 2.32 bits per heavy atom. The van der Waals surface area contributed by atoms with Crippen molar-refractivity contribution in [2.75, 3.05) is 7.11 Å². The Hall–Kier alpha value is -1.83. The molecule has 0 unspecified atom stereocenters. The van der Waals surface area contributed by atoms with Crippen molar-refractivity contribution in [1.82, 2.24) is 3.98 Å². The van der Waals surface area contributed by atoms with Crippen LogP contribution in [0.3, 0.4) is 0 Å². The van der Waals surface area contributed by atoms with Crippen molar-refractivity contribution >= 4 is 14.7 Å². The van der Waals surface area contributed by atoms with E-state index in [1.807, 2.05) is 18.2 Å². The van der Waals surface area contributed by atoms with Crippen LogP contribution in [-0.4, -0.2) is 25.8 Å². The number of hydrogen-bond acceptors (Lipinski definition) is 2. The number of nitrogens with zero attached hydrogens (tertiary/aromatic N) is 1. The zero-order valence-electron chi connectivity index (χ0n) is 10.5. The van der Waals surface area contributed by atoms with Crippen LogP contribution >= 0.6 is 0 Å². The number of methoxy groups -OCH3 is 1. The standard InChI is InChI=1S/C16H13NOSe/c1-18-14-9-7-12(8-10-14)15-11-16(19-17-15)13-5-3-2-4-6-13/h2-11H,1H3. The number of benzene rings is 2. The molecule has 0 saturated heterocycles. The Labute approximate surface area is 118 Å². The molecule has 2 nitrogen and oxygen atoms in total. The predicted octanol–water partition coefficient (Wildman–Crippen LogP) is 3.48. The van der Waals surface area contributed by atoms with Gasteiger partial charge in [-0.05, 0) is 0 Å². The molecule has 0 amide bonds. The summed E-state index contributed by atoms with van der Waals surface area (Å²) >= 11 is 0.177. The maximum absolute atomic E-state index is 5.17. The van der Waals surface area contributed by atoms with Crippen molar-refractivity contribution in [2.45, 2.75) is 0 Å². The van der Waals surface area contributed by atoms with Gasteiger partial charge < -0.3 is 0 Å². The zero-order valence-corrected chi connectivity index (χ0v) is 12.3. The van der Waals surface area contributed by atoms with Crippen LogP contribution in [0.5, 0.6) is 5.75 Å². The summed E-state index contributed by atoms with van der Waals surface area (Å²) in [7, 11) is 1.68. The molecule has 1 aromatic heterocycles. The van der Waals surface area contributed by atoms with Gasteiger partial charge in [0, 0.05) is 0 Å². The summed E-state index contributed by atoms with van der Waals surface area (Å²) < 4.78 is 11.2. The van der Waals surface area contributed by atoms with Gasteiger partial charge in [0.1, 0.15) is 0 Å². The molecule has 0 atom stereocenters. The normalized spacial score (nSPS) is 10.4. The number of hydrogen-bond donors (Lipinski definition) is 0. The van der Waals surface area contributed by atoms with Gasteiger partial charge >= 0.3 is 118 Å². The SMILES string of the molecule is COc1ccc(-c2cc(-c3ccccc3)[se]n2)cc1. The molecule has 0 radical (unpaired) electrons. The molecule has 2 aromatic carbocycles. The van der Waals surface area contributed by atoms with Crippen molar-refractivity contribution < 1.29 is 4.74 Å². The Bertz CT molecular complexity index is 659. The summed E-state index contributed by atoms with van der Waals surface area (Å²) in [6, 6.07) is 20.7. The van der Waals surface area contributed by atoms with Gasteiger partial charge in [0.05, 0.1) is 0 Å². The molecule has 0 aliphatic carbocycles. The van der Waals surface area contributed by atoms with Gasteiger partial charge in [-0.1, -0.05) is 0 Å². The van der Waals surface area contributed by atoms with Crippen molar-refractivity contribution in [3.63, 3.8) is 0 Å². The monoisotopic (exact) mass is 315 g/mol. The summed E-state index contributed by atoms with van der Waals surface area (Å²) in [5.41, 5.74) is 3.49. The fraction of sp³-hybridized carbons (Fsp3) is 0.0625. The van der Waals surface area contributed by atoms with E-state index in [-0.39, 0.29) is 14.7 Å². The summed E-state index contributed by atoms with van der Waals surface area (Å²) in [5.74, 6) is 0.875. The van der Waals surface area contributed by atoms with Crippen molar-refractivity contribution in [3.8, 4) is 27.0 Å². The van der Waals surface area contributed by atoms with Crippen LogP contribution in [0.2, 0.25) is 0 Å². The van der Waals surface area contributed by atoms with Crippen LogP contribution in [0.15, 0.2) is 60.7 Å². The Morgan fingerprint density at radius 1 is 0.895 bits per heavy atom. The zero-order chi connectivity index (χ0) is 13.1. The number of ether oxygens (including phenoxy) is 1. The van der Waals surface area contributed by atoms with E-state index in [0.717, 1.165) is 17.0 Å². The van der Waals surface area contributed by atoms with Gasteiger partial charge in [-0.25, -0.2) is 0 Å². The van der Waals surface area contributed by atoms with E-state index in [1.165, 1.54) is 10.0 Å². The first-order valence-corrected chi connectivity index (χ1v) is 7.65. The first-order chi connectivity index (χ1) is 9.36. The summed E-state index contributed by atoms with van der Waals surface area (Å²) in [6.45, 7) is 0. The molecule has 0 bridgehead atoms. The molecule has 3 heteroatoms. The molecule has 0 saturated carbocycles. The van der Waals surface area contributed by atoms with Gasteiger partial charge in [0.25, 0.3) is 0 Å². The average Bonchev–Trinajstić information content (AvgIpc) is 2.98. The van der Waals surface area contributed by atoms with Crippen LogP contribution in [0.4, 0.5) is 0 Å². The molecule has 0 aliphatic rings. The van der Waals surface area contributed by atoms with Crippen molar-refractivity contribution in [1.29, 1.82) is 0 Å². The first-order valence-electron chi connectivity index (χ1n) is 6.03. The molecule has 0 N–H and O–H groups in total. The minimum absolute atomic E-state index is 0.177. The van der Waals surface area contributed by atoms with E-state index in [1.54, 1.807) is 7.11 Å². The first kappa shape index (κ1) is 12.2. The van der Waals surface area contributed by atoms with E-state index >= 15 is 0 Å². The van der Waals surface area contributed by atoms with E-state index in [9.17, 15) is 0 Å². The van der Waals surface area contributed by atoms with Gasteiger partial charge in [0.2, 0.25) is 0 Å². The second-order valence-electron chi connectivity index (χ2n) is 4.17. The molecule has 1 heterocycles. The van der Waals surface area contributed by atoms with Gasteiger partial charge in [0.15, 0.2) is 0 Å². The number of aromatic nitrogens is 1. The average molecular weight is 314 g/mol. The molecular weight excluding hydrogens is 301 g/mol. The fourth-order valence-corrected chi connectivity index (χ4v) is 3.51. The fourth-order valence-electron chi connectivity index (χ4n) is 1.91. The van der Waals surface area contributed by atoms with Gasteiger partial charge in [-0.15, -0.1) is 0 Å². The second-order valence-corrected chi connectivity index (χ2v) is 5.86. The summed E-state index contributed by atoms with van der Waals surface area (Å²) in [6.07, 6.45) is 0. The van der Waals surface area contributed by atoms with Crippen LogP contribution in [0, 0.1) is 0 Å². The quantitative estimate of drug-likeness (QED) is 0.691. The molecule has 3 rings (SSSR count). The molecular formula is C16H13NOSe. The topological polar surface area (TPSA) is 22.1 Å². The summed E-state index contributed by atoms with van der Waals surface area (Å²) in [4.78, 5) is 0. The van der Waals surface area contributed by atoms with Crippen LogP contribution in [-0.2, 0) is 0 Å². The Kier molecular flexibility index (Phi) is 3.49. The van der Waals surface area contributed by atoms with Crippen molar-refractivity contribution in [3.05, 3.63) is 60.7 Å². The Morgan fingerprint density at radius 2 is 1.63 bits per heavy atom. The third kappa shape index (κ3) is 2.62. The summed E-state index contributed by atoms with van der Waals surface area (Å²) in [5, 5.41) is 0. The Balaban J connectivity index is 1.92. The van der Waals surface area contributed by atoms with Crippen LogP contribution < -0.4 is 4.74 Å². The van der Waals surface area contributed by atoms with Crippen molar-refractivity contribution in [2.24, 2.45) is 0 Å². The van der Waals surface area contributed by atoms with Gasteiger partial charge in [-0.3, -0.25) is 0 Å². The minimum atomic E-state index is 0.177. The molecule has 94 valence electrons. The van der Waals surface area contributed by atoms with E-state index < -0.39 is 0 Å². The maximum atomic E-state index is 5.17. The molecule has 0 aliphatic heterocycles. The third-order valence-electron chi connectivity index (χ3n) is 2.95. The number of rotatable bonds is 3. The van der Waals surface area contributed by atoms with E-state index in [4.69, 9.17) is 4.74 Å². The third-order valence-corrected chi connectivity index (χ3v) is 4.71. The molecule has 0 spiro atoms. The molecule has 3 aromatic rings. The predicted molar refractivity (Wildman–Crippen MR) is 78.6 cm³/mol. The van der Waals surface area contributed by atoms with E-state index in [0.29, 0.717) is 0 Å². The molecule has 0 fully saturated rings. The van der Waals surface area contributed by atoms with Crippen LogP contribution in [0.1, 0.15) is 0 Å². The van der Waals surface area contributed by atoms with Crippen LogP contribution in [0.25, 0.3) is 21.3 Å². The van der Waals surface area contributed by atoms with E-state index in [2.05, 4.69) is 46.4 Å². The van der Waals surface area contributed by atoms with Gasteiger partial charge in [-0.2, -0.15) is 0 Å². The second kappa shape index (κ2) is 5.43. The molecule has 19 heavy (non-hydrogen) atoms.